The third-order valence-corrected chi connectivity index (χ3v) is 4.18. The predicted molar refractivity (Wildman–Crippen MR) is 80.7 cm³/mol. The van der Waals surface area contributed by atoms with Crippen molar-refractivity contribution in [3.63, 3.8) is 0 Å². The molecule has 20 heavy (non-hydrogen) atoms. The maximum Gasteiger partial charge on any atom is 0.244 e. The molecule has 1 unspecified atom stereocenters. The van der Waals surface area contributed by atoms with E-state index in [1.165, 1.54) is 4.88 Å². The van der Waals surface area contributed by atoms with Gasteiger partial charge in [-0.1, -0.05) is 6.07 Å². The SMILES string of the molecule is CNC(C(=O)N(C)CCc1cccs1)c1cnn(C)c1. The molecule has 108 valence electrons. The second-order valence-corrected chi connectivity index (χ2v) is 5.79. The second-order valence-electron chi connectivity index (χ2n) is 4.76. The standard InChI is InChI=1S/C14H20N4OS/c1-15-13(11-9-16-18(3)10-11)14(19)17(2)7-6-12-5-4-8-20-12/h4-5,8-10,13,15H,6-7H2,1-3H3. The van der Waals surface area contributed by atoms with E-state index in [0.717, 1.165) is 18.5 Å². The number of hydrogen-bond acceptors (Lipinski definition) is 4. The van der Waals surface area contributed by atoms with Crippen LogP contribution in [0.5, 0.6) is 0 Å². The van der Waals surface area contributed by atoms with Crippen molar-refractivity contribution < 1.29 is 4.79 Å². The minimum atomic E-state index is -0.336. The number of rotatable bonds is 6. The van der Waals surface area contributed by atoms with Crippen molar-refractivity contribution in [2.24, 2.45) is 7.05 Å². The van der Waals surface area contributed by atoms with Gasteiger partial charge in [-0.2, -0.15) is 5.10 Å². The third-order valence-electron chi connectivity index (χ3n) is 3.24. The molecule has 0 aliphatic heterocycles. The Kier molecular flexibility index (Phi) is 4.92. The topological polar surface area (TPSA) is 50.2 Å². The summed E-state index contributed by atoms with van der Waals surface area (Å²) in [6.45, 7) is 0.720. The van der Waals surface area contributed by atoms with Crippen LogP contribution in [0.15, 0.2) is 29.9 Å². The third kappa shape index (κ3) is 3.46. The molecule has 1 N–H and O–H groups in total. The molecule has 1 amide bonds. The molecule has 2 heterocycles. The van der Waals surface area contributed by atoms with Gasteiger partial charge in [0.25, 0.3) is 0 Å². The van der Waals surface area contributed by atoms with Crippen molar-refractivity contribution in [3.05, 3.63) is 40.3 Å². The van der Waals surface area contributed by atoms with Gasteiger partial charge in [0.15, 0.2) is 0 Å². The zero-order valence-corrected chi connectivity index (χ0v) is 12.9. The predicted octanol–water partition coefficient (Wildman–Crippen LogP) is 1.44. The maximum atomic E-state index is 12.5. The van der Waals surface area contributed by atoms with Crippen molar-refractivity contribution in [3.8, 4) is 0 Å². The highest BCUT2D eigenvalue weighted by Gasteiger charge is 2.23. The Labute approximate surface area is 123 Å². The fourth-order valence-electron chi connectivity index (χ4n) is 2.09. The smallest absolute Gasteiger partial charge is 0.244 e. The molecule has 5 nitrogen and oxygen atoms in total. The number of carbonyl (C=O) groups is 1. The monoisotopic (exact) mass is 292 g/mol. The molecule has 0 aliphatic carbocycles. The highest BCUT2D eigenvalue weighted by atomic mass is 32.1. The Morgan fingerprint density at radius 1 is 1.60 bits per heavy atom. The van der Waals surface area contributed by atoms with E-state index >= 15 is 0 Å². The second kappa shape index (κ2) is 6.67. The van der Waals surface area contributed by atoms with Crippen molar-refractivity contribution >= 4 is 17.2 Å². The number of aryl methyl sites for hydroxylation is 1. The van der Waals surface area contributed by atoms with Gasteiger partial charge in [0.05, 0.1) is 6.20 Å². The van der Waals surface area contributed by atoms with E-state index in [1.807, 2.05) is 26.4 Å². The molecule has 0 spiro atoms. The van der Waals surface area contributed by atoms with Gasteiger partial charge in [0, 0.05) is 37.3 Å². The average molecular weight is 292 g/mol. The van der Waals surface area contributed by atoms with Crippen LogP contribution < -0.4 is 5.32 Å². The number of thiophene rings is 1. The van der Waals surface area contributed by atoms with Crippen molar-refractivity contribution in [1.82, 2.24) is 20.0 Å². The van der Waals surface area contributed by atoms with Crippen LogP contribution in [0.2, 0.25) is 0 Å². The Bertz CT molecular complexity index is 549. The van der Waals surface area contributed by atoms with Crippen LogP contribution in [0.3, 0.4) is 0 Å². The fourth-order valence-corrected chi connectivity index (χ4v) is 2.78. The summed E-state index contributed by atoms with van der Waals surface area (Å²) in [7, 11) is 5.49. The Morgan fingerprint density at radius 3 is 2.95 bits per heavy atom. The van der Waals surface area contributed by atoms with Gasteiger partial charge in [-0.25, -0.2) is 0 Å². The number of amides is 1. The Hall–Kier alpha value is -1.66. The zero-order valence-electron chi connectivity index (χ0n) is 12.0. The molecular formula is C14H20N4OS. The van der Waals surface area contributed by atoms with Crippen LogP contribution in [0, 0.1) is 0 Å². The number of carbonyl (C=O) groups excluding carboxylic acids is 1. The van der Waals surface area contributed by atoms with Gasteiger partial charge in [0.1, 0.15) is 6.04 Å². The fraction of sp³-hybridized carbons (Fsp3) is 0.429. The number of nitrogens with one attached hydrogen (secondary N) is 1. The molecule has 0 radical (unpaired) electrons. The minimum Gasteiger partial charge on any atom is -0.344 e. The van der Waals surface area contributed by atoms with Crippen LogP contribution in [-0.2, 0) is 18.3 Å². The van der Waals surface area contributed by atoms with Crippen LogP contribution >= 0.6 is 11.3 Å². The summed E-state index contributed by atoms with van der Waals surface area (Å²) >= 11 is 1.72. The van der Waals surface area contributed by atoms with Gasteiger partial charge in [-0.05, 0) is 24.9 Å². The summed E-state index contributed by atoms with van der Waals surface area (Å²) in [5, 5.41) is 9.24. The van der Waals surface area contributed by atoms with E-state index in [-0.39, 0.29) is 11.9 Å². The first-order chi connectivity index (χ1) is 9.61. The zero-order chi connectivity index (χ0) is 14.5. The van der Waals surface area contributed by atoms with E-state index < -0.39 is 0 Å². The molecule has 2 rings (SSSR count). The van der Waals surface area contributed by atoms with E-state index in [9.17, 15) is 4.79 Å². The maximum absolute atomic E-state index is 12.5. The minimum absolute atomic E-state index is 0.0667. The molecule has 0 fully saturated rings. The first kappa shape index (κ1) is 14.7. The molecular weight excluding hydrogens is 272 g/mol. The summed E-state index contributed by atoms with van der Waals surface area (Å²) in [6.07, 6.45) is 4.49. The molecule has 0 aromatic carbocycles. The first-order valence-electron chi connectivity index (χ1n) is 6.55. The normalized spacial score (nSPS) is 12.3. The lowest BCUT2D eigenvalue weighted by molar-refractivity contribution is -0.132. The van der Waals surface area contributed by atoms with E-state index in [0.29, 0.717) is 0 Å². The van der Waals surface area contributed by atoms with Crippen molar-refractivity contribution in [2.75, 3.05) is 20.6 Å². The Balaban J connectivity index is 1.97. The molecule has 2 aromatic rings. The number of likely N-dealkylation sites (N-methyl/N-ethyl adjacent to an activating group) is 2. The van der Waals surface area contributed by atoms with Crippen LogP contribution in [0.25, 0.3) is 0 Å². The summed E-state index contributed by atoms with van der Waals surface area (Å²) < 4.78 is 1.71. The number of hydrogen-bond donors (Lipinski definition) is 1. The number of nitrogens with zero attached hydrogens (tertiary/aromatic N) is 3. The average Bonchev–Trinajstić information content (AvgIpc) is 3.08. The van der Waals surface area contributed by atoms with Crippen LogP contribution in [0.4, 0.5) is 0 Å². The summed E-state index contributed by atoms with van der Waals surface area (Å²) in [6, 6.07) is 3.80. The number of aromatic nitrogens is 2. The highest BCUT2D eigenvalue weighted by molar-refractivity contribution is 7.09. The first-order valence-corrected chi connectivity index (χ1v) is 7.43. The van der Waals surface area contributed by atoms with Crippen molar-refractivity contribution in [1.29, 1.82) is 0 Å². The van der Waals surface area contributed by atoms with E-state index in [4.69, 9.17) is 0 Å². The van der Waals surface area contributed by atoms with Crippen LogP contribution in [-0.4, -0.2) is 41.2 Å². The molecule has 0 bridgehead atoms. The lowest BCUT2D eigenvalue weighted by Gasteiger charge is -2.22. The van der Waals surface area contributed by atoms with Crippen molar-refractivity contribution in [2.45, 2.75) is 12.5 Å². The summed E-state index contributed by atoms with van der Waals surface area (Å²) in [4.78, 5) is 15.5. The van der Waals surface area contributed by atoms with E-state index in [2.05, 4.69) is 21.9 Å². The molecule has 0 aliphatic rings. The summed E-state index contributed by atoms with van der Waals surface area (Å²) in [5.41, 5.74) is 0.892. The van der Waals surface area contributed by atoms with Gasteiger partial charge >= 0.3 is 0 Å². The quantitative estimate of drug-likeness (QED) is 0.876. The Morgan fingerprint density at radius 2 is 2.40 bits per heavy atom. The molecule has 0 saturated carbocycles. The summed E-state index contributed by atoms with van der Waals surface area (Å²) in [5.74, 6) is 0.0667. The molecule has 1 atom stereocenters. The molecule has 0 saturated heterocycles. The van der Waals surface area contributed by atoms with Gasteiger partial charge in [0.2, 0.25) is 5.91 Å². The highest BCUT2D eigenvalue weighted by Crippen LogP contribution is 2.15. The molecule has 2 aromatic heterocycles. The van der Waals surface area contributed by atoms with Gasteiger partial charge in [-0.3, -0.25) is 9.48 Å². The van der Waals surface area contributed by atoms with Gasteiger partial charge in [-0.15, -0.1) is 11.3 Å². The van der Waals surface area contributed by atoms with Gasteiger partial charge < -0.3 is 10.2 Å². The van der Waals surface area contributed by atoms with E-state index in [1.54, 1.807) is 34.2 Å². The lowest BCUT2D eigenvalue weighted by Crippen LogP contribution is -2.38. The largest absolute Gasteiger partial charge is 0.344 e. The lowest BCUT2D eigenvalue weighted by atomic mass is 10.1. The molecule has 6 heteroatoms. The van der Waals surface area contributed by atoms with Crippen LogP contribution in [0.1, 0.15) is 16.5 Å².